The van der Waals surface area contributed by atoms with E-state index in [0.29, 0.717) is 19.3 Å². The fourth-order valence-electron chi connectivity index (χ4n) is 6.02. The summed E-state index contributed by atoms with van der Waals surface area (Å²) in [5, 5.41) is 113. The molecular formula is C36H67N2O18Y3-3. The largest absolute Gasteiger partial charge is 0.668 e. The zero-order valence-electron chi connectivity index (χ0n) is 34.6. The van der Waals surface area contributed by atoms with Crippen molar-refractivity contribution in [2.24, 2.45) is 17.8 Å². The van der Waals surface area contributed by atoms with E-state index in [-0.39, 0.29) is 135 Å². The summed E-state index contributed by atoms with van der Waals surface area (Å²) in [5.74, 6) is -2.59. The summed E-state index contributed by atoms with van der Waals surface area (Å²) in [6.45, 7) is 14.1. The van der Waals surface area contributed by atoms with E-state index in [1.807, 2.05) is 13.8 Å². The van der Waals surface area contributed by atoms with Gasteiger partial charge < -0.3 is 115 Å². The van der Waals surface area contributed by atoms with Gasteiger partial charge in [0, 0.05) is 133 Å². The second-order valence-corrected chi connectivity index (χ2v) is 14.8. The summed E-state index contributed by atoms with van der Waals surface area (Å²) >= 11 is 0. The quantitative estimate of drug-likeness (QED) is 0.0754. The summed E-state index contributed by atoms with van der Waals surface area (Å²) in [6, 6.07) is 0.149. The van der Waals surface area contributed by atoms with Crippen LogP contribution < -0.4 is 5.32 Å². The number of ether oxygens (including phenoxy) is 3. The Morgan fingerprint density at radius 2 is 0.814 bits per heavy atom. The van der Waals surface area contributed by atoms with Crippen LogP contribution in [0.25, 0.3) is 5.73 Å². The van der Waals surface area contributed by atoms with Gasteiger partial charge in [-0.2, -0.15) is 0 Å². The first-order chi connectivity index (χ1) is 25.9. The molecule has 341 valence electrons. The molecule has 15 atom stereocenters. The van der Waals surface area contributed by atoms with Crippen LogP contribution in [-0.2, 0) is 127 Å². The second kappa shape index (κ2) is 33.7. The Kier molecular flexibility index (Phi) is 38.1. The maximum absolute atomic E-state index is 11.1. The number of hydrogen-bond donors (Lipinski definition) is 13. The van der Waals surface area contributed by atoms with Crippen LogP contribution in [0.3, 0.4) is 0 Å². The van der Waals surface area contributed by atoms with Crippen molar-refractivity contribution in [3.8, 4) is 0 Å². The standard InChI is InChI=1S/C15H26N2O3.3C7H14O5.3Y/c1-11(2)17-15(8-5-12(3)18,9-6-13(4)19)10-7-14(16)20;3*1-3-5(9)6(10)4(2-8)12-7(3)11;;;/h11,17H,3-10H2,1-2H3,(H2,16,20);3*3-11H,2H2,1H3;;;/q-2;;;;;;/p-1/t;3*3?,4?,5-,6+,7-;;;/m.111.../s1. The summed E-state index contributed by atoms with van der Waals surface area (Å²) in [4.78, 5) is 33.2. The Bertz CT molecular complexity index is 1010. The third-order valence-electron chi connectivity index (χ3n) is 9.83. The summed E-state index contributed by atoms with van der Waals surface area (Å²) in [7, 11) is 0. The van der Waals surface area contributed by atoms with Crippen molar-refractivity contribution in [1.29, 1.82) is 0 Å². The molecular weight excluding hydrogens is 1020 g/mol. The fraction of sp³-hybridized carbons (Fsp3) is 0.861. The summed E-state index contributed by atoms with van der Waals surface area (Å²) < 4.78 is 14.5. The van der Waals surface area contributed by atoms with Gasteiger partial charge in [0.15, 0.2) is 18.9 Å². The normalized spacial score (nSPS) is 34.0. The molecule has 0 aromatic rings. The third-order valence-corrected chi connectivity index (χ3v) is 9.83. The minimum absolute atomic E-state index is 0. The molecule has 0 aliphatic carbocycles. The molecule has 1 amide bonds. The van der Waals surface area contributed by atoms with Gasteiger partial charge >= 0.3 is 0 Å². The van der Waals surface area contributed by atoms with Crippen LogP contribution in [-0.4, -0.2) is 184 Å². The molecule has 3 aliphatic heterocycles. The molecule has 3 saturated heterocycles. The number of carbonyl (C=O) groups excluding carboxylic acids is 3. The minimum Gasteiger partial charge on any atom is -0.668 e. The molecule has 23 heteroatoms. The van der Waals surface area contributed by atoms with Gasteiger partial charge in [0.05, 0.1) is 38.1 Å². The molecule has 59 heavy (non-hydrogen) atoms. The first-order valence-electron chi connectivity index (χ1n) is 18.5. The topological polar surface area (TPSA) is 357 Å². The van der Waals surface area contributed by atoms with Crippen LogP contribution in [0, 0.1) is 31.6 Å². The van der Waals surface area contributed by atoms with Gasteiger partial charge in [-0.15, -0.1) is 0 Å². The Balaban J connectivity index is -0.000000345. The van der Waals surface area contributed by atoms with Gasteiger partial charge in [-0.05, 0) is 50.1 Å². The van der Waals surface area contributed by atoms with Crippen molar-refractivity contribution >= 4 is 17.5 Å². The molecule has 3 aliphatic rings. The fourth-order valence-corrected chi connectivity index (χ4v) is 6.02. The molecule has 0 spiro atoms. The molecule has 20 nitrogen and oxygen atoms in total. The molecule has 0 saturated carbocycles. The van der Waals surface area contributed by atoms with E-state index in [4.69, 9.17) is 50.6 Å². The zero-order chi connectivity index (χ0) is 43.7. The molecule has 6 unspecified atom stereocenters. The minimum atomic E-state index is -1.13. The number of rotatable bonds is 14. The molecule has 14 N–H and O–H groups in total. The van der Waals surface area contributed by atoms with Crippen LogP contribution in [0.15, 0.2) is 0 Å². The van der Waals surface area contributed by atoms with Crippen LogP contribution >= 0.6 is 0 Å². The van der Waals surface area contributed by atoms with Gasteiger partial charge in [-0.1, -0.05) is 34.6 Å². The SMILES string of the molecule is CC1[C@H](O)OC(CO)[C@H](O)[C@@H]1O.CC1[C@H](O)OC(CO)[C@H](O)[C@@H]1O.CC1[C@H](O)OC(CO)[C@H](O)[C@@H]1O.[CH2-]C(=O)CCC(CCC([CH2-])=O)(CCC([NH-])=O)NC(C)C.[Y].[Y].[Y]. The number of ketones is 2. The smallest absolute Gasteiger partial charge is 0.160 e. The molecule has 0 bridgehead atoms. The number of aliphatic hydroxyl groups is 12. The monoisotopic (exact) mass is 1080 g/mol. The van der Waals surface area contributed by atoms with Gasteiger partial charge in [0.2, 0.25) is 0 Å². The van der Waals surface area contributed by atoms with E-state index >= 15 is 0 Å². The van der Waals surface area contributed by atoms with Gasteiger partial charge in [-0.25, -0.2) is 0 Å². The molecule has 3 radical (unpaired) electrons. The van der Waals surface area contributed by atoms with Crippen molar-refractivity contribution in [3.63, 3.8) is 0 Å². The first-order valence-corrected chi connectivity index (χ1v) is 18.5. The maximum atomic E-state index is 11.1. The van der Waals surface area contributed by atoms with E-state index < -0.39 is 123 Å². The first kappa shape index (κ1) is 66.8. The van der Waals surface area contributed by atoms with E-state index in [1.54, 1.807) is 20.8 Å². The van der Waals surface area contributed by atoms with E-state index in [9.17, 15) is 45.0 Å². The predicted molar refractivity (Wildman–Crippen MR) is 196 cm³/mol. The van der Waals surface area contributed by atoms with Crippen LogP contribution in [0.2, 0.25) is 0 Å². The number of aliphatic hydroxyl groups excluding tert-OH is 12. The number of hydrogen-bond acceptors (Lipinski definition) is 19. The molecule has 3 rings (SSSR count). The Morgan fingerprint density at radius 3 is 1.02 bits per heavy atom. The Hall–Kier alpha value is 1.22. The Morgan fingerprint density at radius 1 is 0.559 bits per heavy atom. The maximum Gasteiger partial charge on any atom is 0.160 e. The van der Waals surface area contributed by atoms with Crippen LogP contribution in [0.5, 0.6) is 0 Å². The zero-order valence-corrected chi connectivity index (χ0v) is 43.1. The number of amides is 1. The van der Waals surface area contributed by atoms with Crippen LogP contribution in [0.1, 0.15) is 73.1 Å². The van der Waals surface area contributed by atoms with E-state index in [0.717, 1.165) is 0 Å². The van der Waals surface area contributed by atoms with Crippen molar-refractivity contribution < 1.29 is 188 Å². The third kappa shape index (κ3) is 23.8. The molecule has 3 heterocycles. The second-order valence-electron chi connectivity index (χ2n) is 14.8. The van der Waals surface area contributed by atoms with Crippen molar-refractivity contribution in [3.05, 3.63) is 19.6 Å². The molecule has 0 aromatic carbocycles. The number of carbonyl (C=O) groups is 3. The molecule has 0 aromatic heterocycles. The van der Waals surface area contributed by atoms with E-state index in [1.165, 1.54) is 0 Å². The number of Topliss-reactive ketones (excluding diaryl/α,β-unsaturated/α-hetero) is 2. The van der Waals surface area contributed by atoms with E-state index in [2.05, 4.69) is 19.2 Å². The predicted octanol–water partition coefficient (Wildman–Crippen LogP) is -3.40. The van der Waals surface area contributed by atoms with Crippen molar-refractivity contribution in [1.82, 2.24) is 5.32 Å². The van der Waals surface area contributed by atoms with Crippen molar-refractivity contribution in [2.45, 2.75) is 159 Å². The Labute approximate surface area is 422 Å². The average molecular weight is 1080 g/mol. The van der Waals surface area contributed by atoms with Crippen molar-refractivity contribution in [2.75, 3.05) is 19.8 Å². The average Bonchev–Trinajstić information content (AvgIpc) is 3.14. The van der Waals surface area contributed by atoms with Crippen LogP contribution in [0.4, 0.5) is 0 Å². The summed E-state index contributed by atoms with van der Waals surface area (Å²) in [5.41, 5.74) is 6.55. The summed E-state index contributed by atoms with van der Waals surface area (Å²) in [6.07, 6.45) is -10.5. The van der Waals surface area contributed by atoms with Gasteiger partial charge in [-0.3, -0.25) is 0 Å². The molecule has 3 fully saturated rings. The number of nitrogens with one attached hydrogen (secondary N) is 2. The van der Waals surface area contributed by atoms with Gasteiger partial charge in [0.25, 0.3) is 0 Å². The van der Waals surface area contributed by atoms with Gasteiger partial charge in [0.1, 0.15) is 36.6 Å².